The van der Waals surface area contributed by atoms with Crippen molar-refractivity contribution in [2.75, 3.05) is 19.6 Å². The van der Waals surface area contributed by atoms with Gasteiger partial charge in [-0.1, -0.05) is 30.3 Å². The van der Waals surface area contributed by atoms with Crippen molar-refractivity contribution < 1.29 is 22.7 Å². The molecule has 0 radical (unpaired) electrons. The number of hydrogen-bond acceptors (Lipinski definition) is 3. The van der Waals surface area contributed by atoms with E-state index in [0.717, 1.165) is 75.4 Å². The van der Waals surface area contributed by atoms with Crippen molar-refractivity contribution in [1.29, 1.82) is 0 Å². The highest BCUT2D eigenvalue weighted by Crippen LogP contribution is 2.61. The standard InChI is InChI=1S/C27H29F3N2O2/c28-27(29,30)22-4-2-1-3-20(22)19-6-5-17-7-10-26(11-12-26)24(21(17)15-19)31-25(33)34-23-16-32-13-8-18(23)9-14-32/h1-6,15,18,23-24H,7-14,16H2,(H,31,33)/t23-,24?/m1/s1. The molecular weight excluding hydrogens is 441 g/mol. The summed E-state index contributed by atoms with van der Waals surface area (Å²) in [6, 6.07) is 11.0. The van der Waals surface area contributed by atoms with Crippen LogP contribution >= 0.6 is 0 Å². The first-order valence-electron chi connectivity index (χ1n) is 12.3. The molecule has 1 unspecified atom stereocenters. The van der Waals surface area contributed by atoms with E-state index in [1.54, 1.807) is 12.1 Å². The van der Waals surface area contributed by atoms with E-state index in [1.807, 2.05) is 12.1 Å². The van der Waals surface area contributed by atoms with Crippen molar-refractivity contribution in [2.24, 2.45) is 11.3 Å². The number of rotatable bonds is 3. The maximum Gasteiger partial charge on any atom is 0.417 e. The molecule has 5 aliphatic rings. The second-order valence-electron chi connectivity index (χ2n) is 10.5. The third kappa shape index (κ3) is 3.88. The number of amides is 1. The summed E-state index contributed by atoms with van der Waals surface area (Å²) < 4.78 is 46.9. The van der Waals surface area contributed by atoms with Gasteiger partial charge in [0, 0.05) is 6.54 Å². The molecule has 1 amide bonds. The summed E-state index contributed by atoms with van der Waals surface area (Å²) in [5.41, 5.74) is 2.08. The van der Waals surface area contributed by atoms with Crippen LogP contribution < -0.4 is 5.32 Å². The van der Waals surface area contributed by atoms with Crippen molar-refractivity contribution in [1.82, 2.24) is 10.2 Å². The van der Waals surface area contributed by atoms with Gasteiger partial charge in [0.05, 0.1) is 11.6 Å². The molecule has 7 rings (SSSR count). The fourth-order valence-corrected chi connectivity index (χ4v) is 6.36. The van der Waals surface area contributed by atoms with E-state index in [1.165, 1.54) is 12.1 Å². The first-order chi connectivity index (χ1) is 16.3. The number of alkyl carbamates (subject to hydrolysis) is 1. The van der Waals surface area contributed by atoms with Crippen LogP contribution in [0.5, 0.6) is 0 Å². The molecule has 3 aliphatic heterocycles. The lowest BCUT2D eigenvalue weighted by molar-refractivity contribution is -0.137. The molecule has 7 heteroatoms. The highest BCUT2D eigenvalue weighted by atomic mass is 19.4. The van der Waals surface area contributed by atoms with Crippen molar-refractivity contribution in [3.8, 4) is 11.1 Å². The zero-order valence-electron chi connectivity index (χ0n) is 19.0. The Morgan fingerprint density at radius 3 is 2.50 bits per heavy atom. The van der Waals surface area contributed by atoms with Crippen molar-refractivity contribution in [3.63, 3.8) is 0 Å². The minimum absolute atomic E-state index is 0.0107. The predicted octanol–water partition coefficient (Wildman–Crippen LogP) is 5.96. The third-order valence-corrected chi connectivity index (χ3v) is 8.51. The number of alkyl halides is 3. The zero-order chi connectivity index (χ0) is 23.5. The lowest BCUT2D eigenvalue weighted by Gasteiger charge is -2.44. The molecule has 4 nitrogen and oxygen atoms in total. The Kier molecular flexibility index (Phi) is 5.17. The summed E-state index contributed by atoms with van der Waals surface area (Å²) >= 11 is 0. The maximum absolute atomic E-state index is 13.7. The maximum atomic E-state index is 13.7. The third-order valence-electron chi connectivity index (χ3n) is 8.51. The summed E-state index contributed by atoms with van der Waals surface area (Å²) in [6.45, 7) is 2.95. The van der Waals surface area contributed by atoms with Crippen LogP contribution in [0.4, 0.5) is 18.0 Å². The number of fused-ring (bicyclic) bond motifs is 4. The van der Waals surface area contributed by atoms with Crippen LogP contribution in [0.15, 0.2) is 42.5 Å². The van der Waals surface area contributed by atoms with E-state index in [2.05, 4.69) is 10.2 Å². The number of carbonyl (C=O) groups is 1. The van der Waals surface area contributed by atoms with Gasteiger partial charge in [-0.15, -0.1) is 0 Å². The molecule has 2 aromatic carbocycles. The minimum Gasteiger partial charge on any atom is -0.445 e. The number of carbonyl (C=O) groups excluding carboxylic acids is 1. The van der Waals surface area contributed by atoms with Gasteiger partial charge in [0.2, 0.25) is 0 Å². The largest absolute Gasteiger partial charge is 0.445 e. The predicted molar refractivity (Wildman–Crippen MR) is 122 cm³/mol. The second kappa shape index (κ2) is 8.01. The topological polar surface area (TPSA) is 41.6 Å². The lowest BCUT2D eigenvalue weighted by atomic mass is 9.76. The summed E-state index contributed by atoms with van der Waals surface area (Å²) in [4.78, 5) is 15.4. The first-order valence-corrected chi connectivity index (χ1v) is 12.3. The zero-order valence-corrected chi connectivity index (χ0v) is 19.0. The molecular formula is C27H29F3N2O2. The van der Waals surface area contributed by atoms with Gasteiger partial charge in [-0.25, -0.2) is 4.79 Å². The number of halogens is 3. The number of benzene rings is 2. The quantitative estimate of drug-likeness (QED) is 0.602. The number of ether oxygens (including phenoxy) is 1. The number of nitrogens with zero attached hydrogens (tertiary/aromatic N) is 1. The van der Waals surface area contributed by atoms with Gasteiger partial charge in [0.25, 0.3) is 0 Å². The van der Waals surface area contributed by atoms with Gasteiger partial charge in [0.15, 0.2) is 0 Å². The Morgan fingerprint density at radius 2 is 1.82 bits per heavy atom. The van der Waals surface area contributed by atoms with Crippen LogP contribution in [-0.2, 0) is 17.3 Å². The molecule has 3 heterocycles. The van der Waals surface area contributed by atoms with E-state index in [9.17, 15) is 18.0 Å². The van der Waals surface area contributed by atoms with Crippen LogP contribution in [0.25, 0.3) is 11.1 Å². The highest BCUT2D eigenvalue weighted by Gasteiger charge is 2.53. The molecule has 0 aromatic heterocycles. The fourth-order valence-electron chi connectivity index (χ4n) is 6.36. The number of hydrogen-bond donors (Lipinski definition) is 1. The average molecular weight is 471 g/mol. The lowest BCUT2D eigenvalue weighted by Crippen LogP contribution is -2.53. The van der Waals surface area contributed by atoms with Gasteiger partial charge < -0.3 is 10.1 Å². The summed E-state index contributed by atoms with van der Waals surface area (Å²) in [7, 11) is 0. The van der Waals surface area contributed by atoms with Crippen molar-refractivity contribution in [3.05, 3.63) is 59.2 Å². The molecule has 180 valence electrons. The van der Waals surface area contributed by atoms with E-state index in [0.29, 0.717) is 11.5 Å². The smallest absolute Gasteiger partial charge is 0.417 e. The molecule has 2 aromatic rings. The van der Waals surface area contributed by atoms with Crippen molar-refractivity contribution >= 4 is 6.09 Å². The van der Waals surface area contributed by atoms with E-state index in [4.69, 9.17) is 4.74 Å². The molecule has 4 fully saturated rings. The van der Waals surface area contributed by atoms with Crippen molar-refractivity contribution in [2.45, 2.75) is 56.8 Å². The second-order valence-corrected chi connectivity index (χ2v) is 10.5. The van der Waals surface area contributed by atoms with Gasteiger partial charge in [-0.2, -0.15) is 13.2 Å². The highest BCUT2D eigenvalue weighted by molar-refractivity contribution is 5.72. The van der Waals surface area contributed by atoms with Crippen LogP contribution in [0.2, 0.25) is 0 Å². The molecule has 2 aliphatic carbocycles. The Balaban J connectivity index is 1.29. The Labute approximate surface area is 197 Å². The fraction of sp³-hybridized carbons (Fsp3) is 0.519. The monoisotopic (exact) mass is 470 g/mol. The molecule has 1 N–H and O–H groups in total. The number of piperidine rings is 3. The Hall–Kier alpha value is -2.54. The number of aryl methyl sites for hydroxylation is 1. The number of nitrogens with one attached hydrogen (secondary N) is 1. The molecule has 3 saturated heterocycles. The molecule has 1 saturated carbocycles. The first kappa shape index (κ1) is 22.0. The van der Waals surface area contributed by atoms with Crippen LogP contribution in [0.3, 0.4) is 0 Å². The van der Waals surface area contributed by atoms with Crippen LogP contribution in [-0.4, -0.2) is 36.7 Å². The summed E-state index contributed by atoms with van der Waals surface area (Å²) in [5.74, 6) is 0.426. The minimum atomic E-state index is -4.43. The molecule has 34 heavy (non-hydrogen) atoms. The van der Waals surface area contributed by atoms with E-state index < -0.39 is 17.8 Å². The van der Waals surface area contributed by atoms with Crippen LogP contribution in [0.1, 0.15) is 54.8 Å². The van der Waals surface area contributed by atoms with Crippen LogP contribution in [0, 0.1) is 11.3 Å². The van der Waals surface area contributed by atoms with Gasteiger partial charge in [-0.05, 0) is 97.3 Å². The van der Waals surface area contributed by atoms with E-state index in [-0.39, 0.29) is 23.1 Å². The normalized spacial score (nSPS) is 28.9. The van der Waals surface area contributed by atoms with Gasteiger partial charge in [-0.3, -0.25) is 4.90 Å². The van der Waals surface area contributed by atoms with Gasteiger partial charge in [0.1, 0.15) is 6.10 Å². The van der Waals surface area contributed by atoms with E-state index >= 15 is 0 Å². The Morgan fingerprint density at radius 1 is 1.06 bits per heavy atom. The molecule has 2 atom stereocenters. The molecule has 2 bridgehead atoms. The summed E-state index contributed by atoms with van der Waals surface area (Å²) in [5, 5.41) is 3.16. The SMILES string of the molecule is O=C(NC1c2cc(-c3ccccc3C(F)(F)F)ccc2CCC12CC2)O[C@@H]1CN2CCC1CC2. The van der Waals surface area contributed by atoms with Gasteiger partial charge >= 0.3 is 12.3 Å². The Bertz CT molecular complexity index is 1100. The molecule has 1 spiro atoms. The average Bonchev–Trinajstić information content (AvgIpc) is 3.61. The summed E-state index contributed by atoms with van der Waals surface area (Å²) in [6.07, 6.45) is 1.11.